The molecule has 0 saturated carbocycles. The van der Waals surface area contributed by atoms with E-state index in [1.165, 1.54) is 5.56 Å². The maximum atomic E-state index is 10.2. The summed E-state index contributed by atoms with van der Waals surface area (Å²) in [5.41, 5.74) is 3.29. The highest BCUT2D eigenvalue weighted by molar-refractivity contribution is 5.45. The number of hydrogen-bond donors (Lipinski definition) is 2. The lowest BCUT2D eigenvalue weighted by Gasteiger charge is -2.19. The first-order valence-electron chi connectivity index (χ1n) is 6.48. The standard InChI is InChI=1S/C15H17N3O/c1-9-7-14(17-10(2)16-9)18-15-12-6-4-3-5-11(12)8-13(15)19/h3-7,13,15,19H,8H2,1-2H3,(H,16,17,18)/t13-,15+/m1/s1. The average molecular weight is 255 g/mol. The molecule has 1 heterocycles. The van der Waals surface area contributed by atoms with Crippen LogP contribution in [0.25, 0.3) is 0 Å². The molecule has 1 aromatic heterocycles. The molecule has 0 spiro atoms. The smallest absolute Gasteiger partial charge is 0.130 e. The molecule has 1 aliphatic carbocycles. The Bertz CT molecular complexity index is 592. The van der Waals surface area contributed by atoms with Crippen molar-refractivity contribution in [1.82, 2.24) is 9.97 Å². The second-order valence-electron chi connectivity index (χ2n) is 5.03. The van der Waals surface area contributed by atoms with Gasteiger partial charge in [0.25, 0.3) is 0 Å². The van der Waals surface area contributed by atoms with Crippen LogP contribution in [0.15, 0.2) is 30.3 Å². The van der Waals surface area contributed by atoms with Crippen molar-refractivity contribution in [2.45, 2.75) is 32.4 Å². The van der Waals surface area contributed by atoms with Crippen molar-refractivity contribution in [3.8, 4) is 0 Å². The van der Waals surface area contributed by atoms with Crippen LogP contribution in [0.4, 0.5) is 5.82 Å². The van der Waals surface area contributed by atoms with Crippen LogP contribution >= 0.6 is 0 Å². The Labute approximate surface area is 112 Å². The summed E-state index contributed by atoms with van der Waals surface area (Å²) in [6.07, 6.45) is 0.282. The Morgan fingerprint density at radius 1 is 1.21 bits per heavy atom. The Morgan fingerprint density at radius 2 is 2.00 bits per heavy atom. The van der Waals surface area contributed by atoms with Gasteiger partial charge in [-0.15, -0.1) is 0 Å². The summed E-state index contributed by atoms with van der Waals surface area (Å²) in [4.78, 5) is 8.63. The fourth-order valence-electron chi connectivity index (χ4n) is 2.70. The van der Waals surface area contributed by atoms with Crippen molar-refractivity contribution in [2.75, 3.05) is 5.32 Å². The van der Waals surface area contributed by atoms with Gasteiger partial charge in [0.05, 0.1) is 12.1 Å². The molecule has 4 heteroatoms. The van der Waals surface area contributed by atoms with Crippen LogP contribution in [0.5, 0.6) is 0 Å². The molecular formula is C15H17N3O. The number of aryl methyl sites for hydroxylation is 2. The van der Waals surface area contributed by atoms with Crippen LogP contribution < -0.4 is 5.32 Å². The molecule has 2 N–H and O–H groups in total. The van der Waals surface area contributed by atoms with E-state index in [-0.39, 0.29) is 6.04 Å². The van der Waals surface area contributed by atoms with E-state index >= 15 is 0 Å². The largest absolute Gasteiger partial charge is 0.390 e. The molecule has 98 valence electrons. The van der Waals surface area contributed by atoms with Crippen molar-refractivity contribution in [2.24, 2.45) is 0 Å². The third kappa shape index (κ3) is 2.31. The predicted octanol–water partition coefficient (Wildman–Crippen LogP) is 2.16. The zero-order valence-corrected chi connectivity index (χ0v) is 11.1. The molecule has 0 saturated heterocycles. The minimum absolute atomic E-state index is 0.0927. The number of fused-ring (bicyclic) bond motifs is 1. The van der Waals surface area contributed by atoms with E-state index in [2.05, 4.69) is 27.4 Å². The highest BCUT2D eigenvalue weighted by atomic mass is 16.3. The second-order valence-corrected chi connectivity index (χ2v) is 5.03. The summed E-state index contributed by atoms with van der Waals surface area (Å²) in [7, 11) is 0. The third-order valence-electron chi connectivity index (χ3n) is 3.47. The van der Waals surface area contributed by atoms with E-state index in [1.807, 2.05) is 32.0 Å². The molecule has 2 aromatic rings. The first kappa shape index (κ1) is 12.1. The fourth-order valence-corrected chi connectivity index (χ4v) is 2.70. The molecule has 4 nitrogen and oxygen atoms in total. The molecule has 0 fully saturated rings. The lowest BCUT2D eigenvalue weighted by atomic mass is 10.1. The van der Waals surface area contributed by atoms with Gasteiger partial charge in [0.2, 0.25) is 0 Å². The molecule has 0 radical (unpaired) electrons. The first-order valence-corrected chi connectivity index (χ1v) is 6.48. The van der Waals surface area contributed by atoms with Gasteiger partial charge in [-0.2, -0.15) is 0 Å². The number of nitrogens with one attached hydrogen (secondary N) is 1. The lowest BCUT2D eigenvalue weighted by molar-refractivity contribution is 0.165. The lowest BCUT2D eigenvalue weighted by Crippen LogP contribution is -2.22. The van der Waals surface area contributed by atoms with E-state index in [0.29, 0.717) is 6.42 Å². The zero-order valence-electron chi connectivity index (χ0n) is 11.1. The molecule has 1 aromatic carbocycles. The summed E-state index contributed by atoms with van der Waals surface area (Å²) in [6, 6.07) is 9.95. The van der Waals surface area contributed by atoms with Crippen LogP contribution in [-0.4, -0.2) is 21.2 Å². The molecule has 0 unspecified atom stereocenters. The minimum atomic E-state index is -0.409. The maximum absolute atomic E-state index is 10.2. The van der Waals surface area contributed by atoms with Crippen molar-refractivity contribution >= 4 is 5.82 Å². The summed E-state index contributed by atoms with van der Waals surface area (Å²) < 4.78 is 0. The van der Waals surface area contributed by atoms with Gasteiger partial charge in [0.1, 0.15) is 11.6 Å². The average Bonchev–Trinajstić information content (AvgIpc) is 2.65. The van der Waals surface area contributed by atoms with Crippen LogP contribution in [0.2, 0.25) is 0 Å². The van der Waals surface area contributed by atoms with E-state index in [1.54, 1.807) is 0 Å². The van der Waals surface area contributed by atoms with Gasteiger partial charge < -0.3 is 10.4 Å². The topological polar surface area (TPSA) is 58.0 Å². The fraction of sp³-hybridized carbons (Fsp3) is 0.333. The molecule has 2 atom stereocenters. The number of nitrogens with zero attached hydrogens (tertiary/aromatic N) is 2. The molecule has 3 rings (SSSR count). The van der Waals surface area contributed by atoms with Crippen LogP contribution in [0.1, 0.15) is 28.7 Å². The first-order chi connectivity index (χ1) is 9.13. The molecule has 19 heavy (non-hydrogen) atoms. The summed E-state index contributed by atoms with van der Waals surface area (Å²) >= 11 is 0. The molecular weight excluding hydrogens is 238 g/mol. The Balaban J connectivity index is 1.91. The summed E-state index contributed by atoms with van der Waals surface area (Å²) in [5, 5.41) is 13.5. The molecule has 0 amide bonds. The van der Waals surface area contributed by atoms with Gasteiger partial charge in [0, 0.05) is 18.2 Å². The van der Waals surface area contributed by atoms with E-state index in [0.717, 1.165) is 22.9 Å². The number of benzene rings is 1. The minimum Gasteiger partial charge on any atom is -0.390 e. The molecule has 0 bridgehead atoms. The predicted molar refractivity (Wildman–Crippen MR) is 74.0 cm³/mol. The van der Waals surface area contributed by atoms with Gasteiger partial charge in [-0.1, -0.05) is 24.3 Å². The summed E-state index contributed by atoms with van der Waals surface area (Å²) in [6.45, 7) is 3.82. The van der Waals surface area contributed by atoms with Gasteiger partial charge in [-0.3, -0.25) is 0 Å². The van der Waals surface area contributed by atoms with Gasteiger partial charge >= 0.3 is 0 Å². The Kier molecular flexibility index (Phi) is 2.95. The van der Waals surface area contributed by atoms with E-state index < -0.39 is 6.10 Å². The zero-order chi connectivity index (χ0) is 13.4. The summed E-state index contributed by atoms with van der Waals surface area (Å²) in [5.74, 6) is 1.51. The molecule has 0 aliphatic heterocycles. The van der Waals surface area contributed by atoms with Crippen LogP contribution in [-0.2, 0) is 6.42 Å². The third-order valence-corrected chi connectivity index (χ3v) is 3.47. The number of anilines is 1. The number of aliphatic hydroxyl groups excluding tert-OH is 1. The Hall–Kier alpha value is -1.94. The number of aliphatic hydroxyl groups is 1. The highest BCUT2D eigenvalue weighted by Gasteiger charge is 2.30. The van der Waals surface area contributed by atoms with E-state index in [4.69, 9.17) is 0 Å². The van der Waals surface area contributed by atoms with Crippen molar-refractivity contribution in [3.05, 3.63) is 53.0 Å². The quantitative estimate of drug-likeness (QED) is 0.863. The van der Waals surface area contributed by atoms with Crippen LogP contribution in [0.3, 0.4) is 0 Å². The van der Waals surface area contributed by atoms with E-state index in [9.17, 15) is 5.11 Å². The van der Waals surface area contributed by atoms with Gasteiger partial charge in [0.15, 0.2) is 0 Å². The van der Waals surface area contributed by atoms with Crippen molar-refractivity contribution in [3.63, 3.8) is 0 Å². The second kappa shape index (κ2) is 4.63. The van der Waals surface area contributed by atoms with Crippen molar-refractivity contribution < 1.29 is 5.11 Å². The maximum Gasteiger partial charge on any atom is 0.130 e. The number of hydrogen-bond acceptors (Lipinski definition) is 4. The van der Waals surface area contributed by atoms with Gasteiger partial charge in [-0.05, 0) is 25.0 Å². The number of rotatable bonds is 2. The van der Waals surface area contributed by atoms with Crippen LogP contribution in [0, 0.1) is 13.8 Å². The molecule has 1 aliphatic rings. The van der Waals surface area contributed by atoms with Crippen molar-refractivity contribution in [1.29, 1.82) is 0 Å². The normalized spacial score (nSPS) is 21.2. The Morgan fingerprint density at radius 3 is 2.79 bits per heavy atom. The monoisotopic (exact) mass is 255 g/mol. The number of aromatic nitrogens is 2. The highest BCUT2D eigenvalue weighted by Crippen LogP contribution is 2.33. The van der Waals surface area contributed by atoms with Gasteiger partial charge in [-0.25, -0.2) is 9.97 Å². The SMILES string of the molecule is Cc1cc(N[C@H]2c3ccccc3C[C@H]2O)nc(C)n1.